The summed E-state index contributed by atoms with van der Waals surface area (Å²) in [7, 11) is 1.49. The quantitative estimate of drug-likeness (QED) is 0.624. The molecule has 0 heterocycles. The van der Waals surface area contributed by atoms with Gasteiger partial charge in [0.05, 0.1) is 13.0 Å². The molecule has 0 aromatic rings. The number of carbonyl (C=O) groups excluding carboxylic acids is 1. The molecule has 0 amide bonds. The van der Waals surface area contributed by atoms with Gasteiger partial charge in [0.25, 0.3) is 0 Å². The highest BCUT2D eigenvalue weighted by Gasteiger charge is 2.37. The van der Waals surface area contributed by atoms with Crippen molar-refractivity contribution in [1.82, 2.24) is 0 Å². The van der Waals surface area contributed by atoms with E-state index in [2.05, 4.69) is 27.7 Å². The molecule has 0 spiro atoms. The summed E-state index contributed by atoms with van der Waals surface area (Å²) >= 11 is 0. The van der Waals surface area contributed by atoms with E-state index in [-0.39, 0.29) is 11.9 Å². The van der Waals surface area contributed by atoms with Crippen LogP contribution in [0.15, 0.2) is 0 Å². The fraction of sp³-hybridized carbons (Fsp3) is 0.923. The van der Waals surface area contributed by atoms with Gasteiger partial charge in [0.1, 0.15) is 0 Å². The van der Waals surface area contributed by atoms with Crippen molar-refractivity contribution in [3.63, 3.8) is 0 Å². The summed E-state index contributed by atoms with van der Waals surface area (Å²) in [6.45, 7) is 9.06. The number of rotatable bonds is 1. The van der Waals surface area contributed by atoms with Crippen LogP contribution in [0.3, 0.4) is 0 Å². The molecule has 0 aliphatic heterocycles. The third kappa shape index (κ3) is 2.96. The molecule has 15 heavy (non-hydrogen) atoms. The van der Waals surface area contributed by atoms with Gasteiger partial charge in [-0.25, -0.2) is 0 Å². The Morgan fingerprint density at radius 3 is 2.27 bits per heavy atom. The summed E-state index contributed by atoms with van der Waals surface area (Å²) in [5, 5.41) is 0. The SMILES string of the molecule is COC(=O)[C@H]1CC[C@H](C(C)(C)C)C[C@@H]1C. The average molecular weight is 212 g/mol. The topological polar surface area (TPSA) is 26.3 Å². The van der Waals surface area contributed by atoms with Gasteiger partial charge in [-0.15, -0.1) is 0 Å². The smallest absolute Gasteiger partial charge is 0.308 e. The van der Waals surface area contributed by atoms with Gasteiger partial charge in [-0.05, 0) is 36.5 Å². The summed E-state index contributed by atoms with van der Waals surface area (Å²) in [5.41, 5.74) is 0.370. The molecule has 0 bridgehead atoms. The van der Waals surface area contributed by atoms with Crippen molar-refractivity contribution in [2.75, 3.05) is 7.11 Å². The van der Waals surface area contributed by atoms with Gasteiger partial charge in [0, 0.05) is 0 Å². The van der Waals surface area contributed by atoms with Crippen molar-refractivity contribution in [2.45, 2.75) is 47.0 Å². The van der Waals surface area contributed by atoms with Crippen molar-refractivity contribution >= 4 is 5.97 Å². The zero-order valence-electron chi connectivity index (χ0n) is 10.7. The van der Waals surface area contributed by atoms with E-state index >= 15 is 0 Å². The summed E-state index contributed by atoms with van der Waals surface area (Å²) in [5.74, 6) is 1.33. The third-order valence-corrected chi connectivity index (χ3v) is 3.90. The lowest BCUT2D eigenvalue weighted by Gasteiger charge is -2.39. The Balaban J connectivity index is 2.59. The molecule has 2 nitrogen and oxygen atoms in total. The van der Waals surface area contributed by atoms with Crippen LogP contribution >= 0.6 is 0 Å². The third-order valence-electron chi connectivity index (χ3n) is 3.90. The van der Waals surface area contributed by atoms with Gasteiger partial charge in [0.15, 0.2) is 0 Å². The molecule has 1 fully saturated rings. The van der Waals surface area contributed by atoms with Gasteiger partial charge in [-0.3, -0.25) is 4.79 Å². The van der Waals surface area contributed by atoms with Gasteiger partial charge in [-0.2, -0.15) is 0 Å². The predicted molar refractivity (Wildman–Crippen MR) is 61.5 cm³/mol. The molecule has 1 aliphatic rings. The molecule has 0 N–H and O–H groups in total. The summed E-state index contributed by atoms with van der Waals surface area (Å²) in [6, 6.07) is 0. The van der Waals surface area contributed by atoms with Crippen LogP contribution in [0.25, 0.3) is 0 Å². The first-order chi connectivity index (χ1) is 6.86. The fourth-order valence-electron chi connectivity index (χ4n) is 2.68. The molecule has 1 saturated carbocycles. The number of methoxy groups -OCH3 is 1. The number of carbonyl (C=O) groups is 1. The van der Waals surface area contributed by atoms with Gasteiger partial charge in [-0.1, -0.05) is 27.7 Å². The molecule has 2 heteroatoms. The van der Waals surface area contributed by atoms with E-state index in [9.17, 15) is 4.79 Å². The lowest BCUT2D eigenvalue weighted by molar-refractivity contribution is -0.149. The second-order valence-electron chi connectivity index (χ2n) is 5.98. The van der Waals surface area contributed by atoms with Crippen LogP contribution in [0.5, 0.6) is 0 Å². The first-order valence-corrected chi connectivity index (χ1v) is 5.94. The molecule has 0 unspecified atom stereocenters. The van der Waals surface area contributed by atoms with E-state index in [4.69, 9.17) is 4.74 Å². The van der Waals surface area contributed by atoms with Crippen LogP contribution in [0.2, 0.25) is 0 Å². The highest BCUT2D eigenvalue weighted by Crippen LogP contribution is 2.42. The lowest BCUT2D eigenvalue weighted by Crippen LogP contribution is -2.34. The van der Waals surface area contributed by atoms with E-state index in [0.717, 1.165) is 25.2 Å². The molecule has 88 valence electrons. The fourth-order valence-corrected chi connectivity index (χ4v) is 2.68. The molecular weight excluding hydrogens is 188 g/mol. The number of hydrogen-bond donors (Lipinski definition) is 0. The first kappa shape index (κ1) is 12.5. The van der Waals surface area contributed by atoms with E-state index < -0.39 is 0 Å². The first-order valence-electron chi connectivity index (χ1n) is 5.94. The van der Waals surface area contributed by atoms with E-state index in [1.54, 1.807) is 0 Å². The summed E-state index contributed by atoms with van der Waals surface area (Å²) in [6.07, 6.45) is 3.31. The van der Waals surface area contributed by atoms with E-state index in [1.165, 1.54) is 7.11 Å². The van der Waals surface area contributed by atoms with Crippen molar-refractivity contribution < 1.29 is 9.53 Å². The normalized spacial score (nSPS) is 32.5. The maximum Gasteiger partial charge on any atom is 0.308 e. The predicted octanol–water partition coefficient (Wildman–Crippen LogP) is 3.26. The van der Waals surface area contributed by atoms with Crippen molar-refractivity contribution in [3.05, 3.63) is 0 Å². The molecule has 0 aromatic carbocycles. The average Bonchev–Trinajstić information content (AvgIpc) is 2.15. The maximum atomic E-state index is 11.5. The molecule has 0 saturated heterocycles. The largest absolute Gasteiger partial charge is 0.469 e. The molecule has 1 rings (SSSR count). The van der Waals surface area contributed by atoms with Gasteiger partial charge in [0.2, 0.25) is 0 Å². The van der Waals surface area contributed by atoms with Crippen molar-refractivity contribution in [3.8, 4) is 0 Å². The van der Waals surface area contributed by atoms with Crippen LogP contribution in [0.4, 0.5) is 0 Å². The Morgan fingerprint density at radius 2 is 1.87 bits per heavy atom. The summed E-state index contributed by atoms with van der Waals surface area (Å²) in [4.78, 5) is 11.5. The Bertz CT molecular complexity index is 227. The van der Waals surface area contributed by atoms with E-state index in [0.29, 0.717) is 11.3 Å². The van der Waals surface area contributed by atoms with Crippen LogP contribution < -0.4 is 0 Å². The van der Waals surface area contributed by atoms with Gasteiger partial charge < -0.3 is 4.74 Å². The number of ether oxygens (including phenoxy) is 1. The van der Waals surface area contributed by atoms with Crippen LogP contribution in [0.1, 0.15) is 47.0 Å². The van der Waals surface area contributed by atoms with Crippen LogP contribution in [0, 0.1) is 23.2 Å². The van der Waals surface area contributed by atoms with Crippen molar-refractivity contribution in [2.24, 2.45) is 23.2 Å². The van der Waals surface area contributed by atoms with Crippen LogP contribution in [-0.2, 0) is 9.53 Å². The molecule has 0 radical (unpaired) electrons. The zero-order chi connectivity index (χ0) is 11.6. The lowest BCUT2D eigenvalue weighted by atomic mass is 9.66. The van der Waals surface area contributed by atoms with Crippen LogP contribution in [-0.4, -0.2) is 13.1 Å². The molecule has 1 aliphatic carbocycles. The maximum absolute atomic E-state index is 11.5. The zero-order valence-corrected chi connectivity index (χ0v) is 10.7. The standard InChI is InChI=1S/C13H24O2/c1-9-8-10(13(2,3)4)6-7-11(9)12(14)15-5/h9-11H,6-8H2,1-5H3/t9-,10-,11-/m0/s1. The Morgan fingerprint density at radius 1 is 1.27 bits per heavy atom. The highest BCUT2D eigenvalue weighted by molar-refractivity contribution is 5.72. The molecule has 0 aromatic heterocycles. The minimum atomic E-state index is -0.0186. The number of hydrogen-bond acceptors (Lipinski definition) is 2. The number of esters is 1. The highest BCUT2D eigenvalue weighted by atomic mass is 16.5. The monoisotopic (exact) mass is 212 g/mol. The molecule has 3 atom stereocenters. The summed E-state index contributed by atoms with van der Waals surface area (Å²) < 4.78 is 4.84. The Hall–Kier alpha value is -0.530. The van der Waals surface area contributed by atoms with Gasteiger partial charge >= 0.3 is 5.97 Å². The Labute approximate surface area is 93.4 Å². The van der Waals surface area contributed by atoms with Crippen molar-refractivity contribution in [1.29, 1.82) is 0 Å². The minimum absolute atomic E-state index is 0.0186. The Kier molecular flexibility index (Phi) is 3.80. The second-order valence-corrected chi connectivity index (χ2v) is 5.98. The second kappa shape index (κ2) is 4.54. The minimum Gasteiger partial charge on any atom is -0.469 e. The molecular formula is C13H24O2. The van der Waals surface area contributed by atoms with E-state index in [1.807, 2.05) is 0 Å².